The van der Waals surface area contributed by atoms with Crippen LogP contribution in [0.15, 0.2) is 54.6 Å². The molecule has 1 amide bonds. The minimum Gasteiger partial charge on any atom is -0.456 e. The van der Waals surface area contributed by atoms with E-state index >= 15 is 0 Å². The van der Waals surface area contributed by atoms with Gasteiger partial charge in [-0.1, -0.05) is 29.8 Å². The van der Waals surface area contributed by atoms with Gasteiger partial charge in [-0.2, -0.15) is 5.10 Å². The van der Waals surface area contributed by atoms with E-state index in [9.17, 15) is 19.7 Å². The number of para-hydroxylation sites is 2. The largest absolute Gasteiger partial charge is 0.456 e. The summed E-state index contributed by atoms with van der Waals surface area (Å²) in [6.07, 6.45) is -0.0558. The highest BCUT2D eigenvalue weighted by Gasteiger charge is 2.14. The molecule has 10 nitrogen and oxygen atoms in total. The lowest BCUT2D eigenvalue weighted by Gasteiger charge is -2.10. The van der Waals surface area contributed by atoms with Crippen LogP contribution in [0.2, 0.25) is 0 Å². The number of ether oxygens (including phenoxy) is 1. The number of aromatic nitrogens is 2. The zero-order valence-corrected chi connectivity index (χ0v) is 17.7. The average molecular weight is 437 g/mol. The Bertz CT molecular complexity index is 1120. The third kappa shape index (κ3) is 5.91. The molecule has 2 N–H and O–H groups in total. The Hall–Kier alpha value is -4.21. The van der Waals surface area contributed by atoms with Gasteiger partial charge >= 0.3 is 5.97 Å². The van der Waals surface area contributed by atoms with Crippen LogP contribution in [-0.2, 0) is 14.3 Å². The van der Waals surface area contributed by atoms with Crippen LogP contribution >= 0.6 is 0 Å². The maximum absolute atomic E-state index is 12.3. The molecule has 0 saturated heterocycles. The first-order valence-corrected chi connectivity index (χ1v) is 9.90. The molecule has 0 unspecified atom stereocenters. The molecule has 0 aliphatic rings. The summed E-state index contributed by atoms with van der Waals surface area (Å²) in [7, 11) is 0. The molecular formula is C22H23N5O5. The van der Waals surface area contributed by atoms with Crippen LogP contribution in [-0.4, -0.2) is 39.7 Å². The first kappa shape index (κ1) is 22.5. The number of nitro groups is 1. The van der Waals surface area contributed by atoms with Crippen LogP contribution in [0.3, 0.4) is 0 Å². The SMILES string of the molecule is Cc1ccc(-n2nc(C)cc2NC(=O)COC(=O)CCNc2ccccc2[N+](=O)[O-])cc1. The maximum Gasteiger partial charge on any atom is 0.308 e. The molecular weight excluding hydrogens is 414 g/mol. The molecule has 166 valence electrons. The van der Waals surface area contributed by atoms with Crippen molar-refractivity contribution in [2.24, 2.45) is 0 Å². The molecule has 2 aromatic carbocycles. The van der Waals surface area contributed by atoms with Gasteiger partial charge in [0.05, 0.1) is 22.7 Å². The summed E-state index contributed by atoms with van der Waals surface area (Å²) in [4.78, 5) is 34.7. The second-order valence-electron chi connectivity index (χ2n) is 7.08. The fraction of sp³-hybridized carbons (Fsp3) is 0.227. The van der Waals surface area contributed by atoms with E-state index in [0.717, 1.165) is 16.9 Å². The van der Waals surface area contributed by atoms with E-state index in [1.807, 2.05) is 38.1 Å². The average Bonchev–Trinajstić information content (AvgIpc) is 3.13. The van der Waals surface area contributed by atoms with E-state index in [2.05, 4.69) is 15.7 Å². The van der Waals surface area contributed by atoms with Crippen molar-refractivity contribution in [1.82, 2.24) is 9.78 Å². The highest BCUT2D eigenvalue weighted by molar-refractivity contribution is 5.92. The number of hydrogen-bond donors (Lipinski definition) is 2. The van der Waals surface area contributed by atoms with Crippen LogP contribution in [0.25, 0.3) is 5.69 Å². The summed E-state index contributed by atoms with van der Waals surface area (Å²) in [6, 6.07) is 15.5. The van der Waals surface area contributed by atoms with Gasteiger partial charge in [0.25, 0.3) is 11.6 Å². The number of carbonyl (C=O) groups is 2. The molecule has 3 aromatic rings. The monoisotopic (exact) mass is 437 g/mol. The quantitative estimate of drug-likeness (QED) is 0.298. The number of hydrogen-bond acceptors (Lipinski definition) is 7. The van der Waals surface area contributed by atoms with Crippen molar-refractivity contribution >= 4 is 29.1 Å². The van der Waals surface area contributed by atoms with Gasteiger partial charge < -0.3 is 15.4 Å². The lowest BCUT2D eigenvalue weighted by molar-refractivity contribution is -0.384. The third-order valence-electron chi connectivity index (χ3n) is 4.49. The lowest BCUT2D eigenvalue weighted by atomic mass is 10.2. The zero-order valence-electron chi connectivity index (χ0n) is 17.7. The smallest absolute Gasteiger partial charge is 0.308 e. The Morgan fingerprint density at radius 3 is 2.56 bits per heavy atom. The molecule has 1 heterocycles. The lowest BCUT2D eigenvalue weighted by Crippen LogP contribution is -2.23. The van der Waals surface area contributed by atoms with Gasteiger partial charge in [0.2, 0.25) is 0 Å². The molecule has 0 fully saturated rings. The van der Waals surface area contributed by atoms with Gasteiger partial charge in [0.1, 0.15) is 11.5 Å². The second kappa shape index (κ2) is 10.2. The van der Waals surface area contributed by atoms with E-state index < -0.39 is 23.4 Å². The number of rotatable bonds is 9. The fourth-order valence-corrected chi connectivity index (χ4v) is 2.95. The number of nitro benzene ring substituents is 1. The van der Waals surface area contributed by atoms with Crippen LogP contribution in [0.5, 0.6) is 0 Å². The van der Waals surface area contributed by atoms with Crippen molar-refractivity contribution in [3.05, 3.63) is 76.0 Å². The summed E-state index contributed by atoms with van der Waals surface area (Å²) >= 11 is 0. The Balaban J connectivity index is 1.49. The summed E-state index contributed by atoms with van der Waals surface area (Å²) in [5, 5.41) is 20.9. The number of benzene rings is 2. The molecule has 3 rings (SSSR count). The number of nitrogens with zero attached hydrogens (tertiary/aromatic N) is 3. The minimum atomic E-state index is -0.602. The van der Waals surface area contributed by atoms with E-state index in [0.29, 0.717) is 11.5 Å². The Morgan fingerprint density at radius 2 is 1.84 bits per heavy atom. The van der Waals surface area contributed by atoms with Crippen LogP contribution in [0.4, 0.5) is 17.2 Å². The number of aryl methyl sites for hydroxylation is 2. The maximum atomic E-state index is 12.3. The molecule has 1 aromatic heterocycles. The van der Waals surface area contributed by atoms with Gasteiger partial charge in [-0.05, 0) is 32.0 Å². The first-order chi connectivity index (χ1) is 15.3. The highest BCUT2D eigenvalue weighted by atomic mass is 16.6. The molecule has 0 bridgehead atoms. The molecule has 0 spiro atoms. The van der Waals surface area contributed by atoms with Gasteiger partial charge in [0, 0.05) is 18.7 Å². The zero-order chi connectivity index (χ0) is 23.1. The Kier molecular flexibility index (Phi) is 7.17. The van der Waals surface area contributed by atoms with Crippen molar-refractivity contribution in [3.8, 4) is 5.69 Å². The molecule has 0 atom stereocenters. The number of carbonyl (C=O) groups excluding carboxylic acids is 2. The summed E-state index contributed by atoms with van der Waals surface area (Å²) in [5.74, 6) is -0.641. The highest BCUT2D eigenvalue weighted by Crippen LogP contribution is 2.23. The van der Waals surface area contributed by atoms with Gasteiger partial charge in [-0.3, -0.25) is 19.7 Å². The predicted octanol–water partition coefficient (Wildman–Crippen LogP) is 3.38. The van der Waals surface area contributed by atoms with Gasteiger partial charge in [0.15, 0.2) is 6.61 Å². The summed E-state index contributed by atoms with van der Waals surface area (Å²) in [5.41, 5.74) is 2.84. The molecule has 0 aliphatic carbocycles. The number of amides is 1. The first-order valence-electron chi connectivity index (χ1n) is 9.90. The Morgan fingerprint density at radius 1 is 1.12 bits per heavy atom. The van der Waals surface area contributed by atoms with Crippen LogP contribution in [0.1, 0.15) is 17.7 Å². The van der Waals surface area contributed by atoms with E-state index in [-0.39, 0.29) is 18.7 Å². The number of esters is 1. The third-order valence-corrected chi connectivity index (χ3v) is 4.49. The molecule has 10 heteroatoms. The molecule has 0 aliphatic heterocycles. The second-order valence-corrected chi connectivity index (χ2v) is 7.08. The van der Waals surface area contributed by atoms with Crippen molar-refractivity contribution in [1.29, 1.82) is 0 Å². The summed E-state index contributed by atoms with van der Waals surface area (Å²) < 4.78 is 6.61. The van der Waals surface area contributed by atoms with Crippen molar-refractivity contribution in [2.45, 2.75) is 20.3 Å². The number of nitrogens with one attached hydrogen (secondary N) is 2. The Labute approximate surface area is 184 Å². The normalized spacial score (nSPS) is 10.4. The molecule has 0 radical (unpaired) electrons. The van der Waals surface area contributed by atoms with Gasteiger partial charge in [-0.25, -0.2) is 4.68 Å². The molecule has 0 saturated carbocycles. The van der Waals surface area contributed by atoms with Crippen molar-refractivity contribution < 1.29 is 19.2 Å². The van der Waals surface area contributed by atoms with Crippen molar-refractivity contribution in [3.63, 3.8) is 0 Å². The predicted molar refractivity (Wildman–Crippen MR) is 119 cm³/mol. The van der Waals surface area contributed by atoms with E-state index in [1.165, 1.54) is 6.07 Å². The summed E-state index contributed by atoms with van der Waals surface area (Å²) in [6.45, 7) is 3.46. The molecule has 32 heavy (non-hydrogen) atoms. The van der Waals surface area contributed by atoms with Gasteiger partial charge in [-0.15, -0.1) is 0 Å². The standard InChI is InChI=1S/C22H23N5O5/c1-15-7-9-17(10-8-15)26-20(13-16(2)25-26)24-21(28)14-32-22(29)11-12-23-18-5-3-4-6-19(18)27(30)31/h3-10,13,23H,11-12,14H2,1-2H3,(H,24,28). The van der Waals surface area contributed by atoms with Crippen LogP contribution in [0, 0.1) is 24.0 Å². The van der Waals surface area contributed by atoms with E-state index in [4.69, 9.17) is 4.74 Å². The number of anilines is 2. The minimum absolute atomic E-state index is 0.0558. The topological polar surface area (TPSA) is 128 Å². The van der Waals surface area contributed by atoms with Crippen molar-refractivity contribution in [2.75, 3.05) is 23.8 Å². The van der Waals surface area contributed by atoms with E-state index in [1.54, 1.807) is 28.9 Å². The van der Waals surface area contributed by atoms with Crippen LogP contribution < -0.4 is 10.6 Å². The fourth-order valence-electron chi connectivity index (χ4n) is 2.95.